The number of aliphatic hydroxyl groups excluding tert-OH is 1. The molecule has 0 aromatic carbocycles. The Kier molecular flexibility index (Phi) is 4.34. The zero-order valence-corrected chi connectivity index (χ0v) is 5.79. The summed E-state index contributed by atoms with van der Waals surface area (Å²) in [5.74, 6) is 3.10. The highest BCUT2D eigenvalue weighted by Gasteiger charge is 1.95. The summed E-state index contributed by atoms with van der Waals surface area (Å²) in [5.41, 5.74) is 0. The number of aliphatic carboxylic acids is 1. The van der Waals surface area contributed by atoms with Gasteiger partial charge in [0.2, 0.25) is 0 Å². The maximum Gasteiger partial charge on any atom is 0.381 e. The van der Waals surface area contributed by atoms with Gasteiger partial charge < -0.3 is 10.2 Å². The van der Waals surface area contributed by atoms with Crippen LogP contribution < -0.4 is 0 Å². The first-order chi connectivity index (χ1) is 4.66. The quantitative estimate of drug-likeness (QED) is 0.543. The van der Waals surface area contributed by atoms with Crippen molar-refractivity contribution in [3.63, 3.8) is 0 Å². The largest absolute Gasteiger partial charge is 0.472 e. The third kappa shape index (κ3) is 5.13. The van der Waals surface area contributed by atoms with Gasteiger partial charge in [0.1, 0.15) is 0 Å². The van der Waals surface area contributed by atoms with E-state index >= 15 is 0 Å². The Hall–Kier alpha value is -1.01. The number of hydrogen-bond donors (Lipinski definition) is 2. The van der Waals surface area contributed by atoms with Crippen molar-refractivity contribution in [2.24, 2.45) is 0 Å². The van der Waals surface area contributed by atoms with Gasteiger partial charge in [0.05, 0.1) is 6.10 Å². The highest BCUT2D eigenvalue weighted by atomic mass is 16.4. The lowest BCUT2D eigenvalue weighted by molar-refractivity contribution is -0.130. The molecule has 0 radical (unpaired) electrons. The average Bonchev–Trinajstić information content (AvgIpc) is 1.87. The molecule has 0 aliphatic carbocycles. The first-order valence-corrected chi connectivity index (χ1v) is 3.06. The Balaban J connectivity index is 3.55. The second kappa shape index (κ2) is 4.83. The molecule has 0 bridgehead atoms. The number of hydrogen-bond acceptors (Lipinski definition) is 2. The van der Waals surface area contributed by atoms with E-state index in [0.29, 0.717) is 6.42 Å². The molecule has 0 aliphatic heterocycles. The monoisotopic (exact) mass is 142 g/mol. The van der Waals surface area contributed by atoms with E-state index in [0.717, 1.165) is 0 Å². The fraction of sp³-hybridized carbons (Fsp3) is 0.571. The summed E-state index contributed by atoms with van der Waals surface area (Å²) in [6.45, 7) is 1.81. The molecule has 0 fully saturated rings. The molecule has 0 aromatic rings. The van der Waals surface area contributed by atoms with Crippen LogP contribution in [0.15, 0.2) is 0 Å². The summed E-state index contributed by atoms with van der Waals surface area (Å²) in [4.78, 5) is 9.81. The van der Waals surface area contributed by atoms with Crippen LogP contribution in [0.5, 0.6) is 0 Å². The topological polar surface area (TPSA) is 57.5 Å². The van der Waals surface area contributed by atoms with Gasteiger partial charge in [-0.25, -0.2) is 4.79 Å². The van der Waals surface area contributed by atoms with Gasteiger partial charge in [-0.3, -0.25) is 0 Å². The van der Waals surface area contributed by atoms with Gasteiger partial charge in [0.25, 0.3) is 0 Å². The Morgan fingerprint density at radius 3 is 2.70 bits per heavy atom. The van der Waals surface area contributed by atoms with E-state index in [-0.39, 0.29) is 6.42 Å². The van der Waals surface area contributed by atoms with E-state index in [2.05, 4.69) is 5.92 Å². The lowest BCUT2D eigenvalue weighted by Crippen LogP contribution is -2.02. The van der Waals surface area contributed by atoms with Crippen LogP contribution in [-0.4, -0.2) is 22.3 Å². The standard InChI is InChI=1S/C7H10O3/c1-2-6(8)4-3-5-7(9)10/h6,8H,2,4H2,1H3,(H,9,10). The van der Waals surface area contributed by atoms with E-state index < -0.39 is 12.1 Å². The van der Waals surface area contributed by atoms with E-state index in [4.69, 9.17) is 10.2 Å². The number of carboxylic acid groups (broad SMARTS) is 1. The number of aliphatic hydroxyl groups is 1. The second-order valence-corrected chi connectivity index (χ2v) is 1.87. The minimum atomic E-state index is -1.15. The summed E-state index contributed by atoms with van der Waals surface area (Å²) in [6, 6.07) is 0. The lowest BCUT2D eigenvalue weighted by atomic mass is 10.2. The van der Waals surface area contributed by atoms with Crippen molar-refractivity contribution in [2.75, 3.05) is 0 Å². The molecule has 2 N–H and O–H groups in total. The molecule has 1 unspecified atom stereocenters. The molecular formula is C7H10O3. The third-order valence-corrected chi connectivity index (χ3v) is 1.00. The van der Waals surface area contributed by atoms with Crippen molar-refractivity contribution in [1.82, 2.24) is 0 Å². The SMILES string of the molecule is CCC(O)CC#CC(=O)O. The molecule has 0 aliphatic rings. The van der Waals surface area contributed by atoms with Crippen LogP contribution in [-0.2, 0) is 4.79 Å². The van der Waals surface area contributed by atoms with Crippen LogP contribution in [0.1, 0.15) is 19.8 Å². The molecule has 10 heavy (non-hydrogen) atoms. The van der Waals surface area contributed by atoms with Gasteiger partial charge in [-0.2, -0.15) is 0 Å². The fourth-order valence-corrected chi connectivity index (χ4v) is 0.389. The molecule has 56 valence electrons. The zero-order chi connectivity index (χ0) is 7.98. The van der Waals surface area contributed by atoms with Crippen LogP contribution in [0.2, 0.25) is 0 Å². The van der Waals surface area contributed by atoms with Crippen LogP contribution in [0.25, 0.3) is 0 Å². The summed E-state index contributed by atoms with van der Waals surface area (Å²) in [6.07, 6.45) is 0.351. The minimum Gasteiger partial charge on any atom is -0.472 e. The lowest BCUT2D eigenvalue weighted by Gasteiger charge is -1.98. The number of rotatable bonds is 2. The van der Waals surface area contributed by atoms with E-state index in [1.807, 2.05) is 12.8 Å². The molecule has 0 rings (SSSR count). The van der Waals surface area contributed by atoms with Gasteiger partial charge in [-0.15, -0.1) is 0 Å². The van der Waals surface area contributed by atoms with Gasteiger partial charge in [-0.1, -0.05) is 12.8 Å². The highest BCUT2D eigenvalue weighted by molar-refractivity contribution is 5.86. The molecule has 0 saturated carbocycles. The summed E-state index contributed by atoms with van der Waals surface area (Å²) in [5, 5.41) is 16.9. The van der Waals surface area contributed by atoms with E-state index in [9.17, 15) is 4.79 Å². The smallest absolute Gasteiger partial charge is 0.381 e. The van der Waals surface area contributed by atoms with Crippen LogP contribution >= 0.6 is 0 Å². The van der Waals surface area contributed by atoms with Gasteiger partial charge in [-0.05, 0) is 6.42 Å². The van der Waals surface area contributed by atoms with E-state index in [1.54, 1.807) is 0 Å². The highest BCUT2D eigenvalue weighted by Crippen LogP contribution is 1.93. The fourth-order valence-electron chi connectivity index (χ4n) is 0.389. The Morgan fingerprint density at radius 2 is 2.30 bits per heavy atom. The Bertz CT molecular complexity index is 163. The summed E-state index contributed by atoms with van der Waals surface area (Å²) in [7, 11) is 0. The number of carbonyl (C=O) groups is 1. The van der Waals surface area contributed by atoms with Crippen LogP contribution in [0, 0.1) is 11.8 Å². The predicted octanol–water partition coefficient (Wildman–Crippen LogP) is 0.235. The molecule has 0 amide bonds. The molecule has 0 saturated heterocycles. The van der Waals surface area contributed by atoms with Gasteiger partial charge in [0, 0.05) is 12.3 Å². The van der Waals surface area contributed by atoms with Crippen molar-refractivity contribution in [3.8, 4) is 11.8 Å². The van der Waals surface area contributed by atoms with Crippen molar-refractivity contribution in [2.45, 2.75) is 25.9 Å². The summed E-state index contributed by atoms with van der Waals surface area (Å²) >= 11 is 0. The van der Waals surface area contributed by atoms with Crippen LogP contribution in [0.4, 0.5) is 0 Å². The molecule has 0 spiro atoms. The molecule has 3 heteroatoms. The summed E-state index contributed by atoms with van der Waals surface area (Å²) < 4.78 is 0. The molecule has 3 nitrogen and oxygen atoms in total. The predicted molar refractivity (Wildman–Crippen MR) is 36.3 cm³/mol. The molecule has 1 atom stereocenters. The van der Waals surface area contributed by atoms with Crippen LogP contribution in [0.3, 0.4) is 0 Å². The van der Waals surface area contributed by atoms with E-state index in [1.165, 1.54) is 0 Å². The first-order valence-electron chi connectivity index (χ1n) is 3.06. The third-order valence-electron chi connectivity index (χ3n) is 1.00. The maximum absolute atomic E-state index is 9.81. The van der Waals surface area contributed by atoms with Crippen molar-refractivity contribution in [1.29, 1.82) is 0 Å². The first kappa shape index (κ1) is 8.99. The second-order valence-electron chi connectivity index (χ2n) is 1.87. The minimum absolute atomic E-state index is 0.239. The Morgan fingerprint density at radius 1 is 1.70 bits per heavy atom. The number of carboxylic acids is 1. The molecular weight excluding hydrogens is 132 g/mol. The van der Waals surface area contributed by atoms with Crippen molar-refractivity contribution < 1.29 is 15.0 Å². The van der Waals surface area contributed by atoms with Crippen molar-refractivity contribution in [3.05, 3.63) is 0 Å². The normalized spacial score (nSPS) is 11.4. The van der Waals surface area contributed by atoms with Crippen molar-refractivity contribution >= 4 is 5.97 Å². The average molecular weight is 142 g/mol. The maximum atomic E-state index is 9.81. The van der Waals surface area contributed by atoms with Gasteiger partial charge >= 0.3 is 5.97 Å². The molecule has 0 heterocycles. The Labute approximate surface area is 59.7 Å². The molecule has 0 aromatic heterocycles. The zero-order valence-electron chi connectivity index (χ0n) is 5.79. The van der Waals surface area contributed by atoms with Gasteiger partial charge in [0.15, 0.2) is 0 Å².